The molecule has 0 heterocycles. The molecule has 5 nitrogen and oxygen atoms in total. The summed E-state index contributed by atoms with van der Waals surface area (Å²) in [5.41, 5.74) is 5.54. The van der Waals surface area contributed by atoms with Crippen molar-refractivity contribution in [2.24, 2.45) is 10.7 Å². The second-order valence-electron chi connectivity index (χ2n) is 3.10. The Balaban J connectivity index is 0.000000631. The van der Waals surface area contributed by atoms with Crippen LogP contribution in [0.3, 0.4) is 0 Å². The Morgan fingerprint density at radius 2 is 2.00 bits per heavy atom. The predicted molar refractivity (Wildman–Crippen MR) is 75.5 cm³/mol. The van der Waals surface area contributed by atoms with E-state index in [4.69, 9.17) is 10.8 Å². The van der Waals surface area contributed by atoms with Gasteiger partial charge in [0.15, 0.2) is 6.04 Å². The minimum atomic E-state index is -1.11. The minimum Gasteiger partial charge on any atom is -0.480 e. The fraction of sp³-hybridized carbons (Fsp3) is 0.182. The highest BCUT2D eigenvalue weighted by molar-refractivity contribution is 8.10. The standard InChI is InChI=1S/C10H9NO3.CH3NS2/c12-7-11-9(10(13)14)6-8-4-2-1-3-5-8;2-1(3)4/h1-5,9H,6H2,(H,13,14);(H3,2,3,4). The van der Waals surface area contributed by atoms with Gasteiger partial charge in [-0.25, -0.2) is 9.59 Å². The molecule has 7 heteroatoms. The van der Waals surface area contributed by atoms with Crippen LogP contribution in [-0.4, -0.2) is 27.5 Å². The molecule has 96 valence electrons. The van der Waals surface area contributed by atoms with Gasteiger partial charge in [-0.15, -0.1) is 12.6 Å². The number of carbonyl (C=O) groups excluding carboxylic acids is 1. The van der Waals surface area contributed by atoms with E-state index in [9.17, 15) is 9.59 Å². The average Bonchev–Trinajstić information content (AvgIpc) is 2.29. The smallest absolute Gasteiger partial charge is 0.329 e. The van der Waals surface area contributed by atoms with E-state index >= 15 is 0 Å². The number of isocyanates is 1. The predicted octanol–water partition coefficient (Wildman–Crippen LogP) is 1.18. The largest absolute Gasteiger partial charge is 0.480 e. The van der Waals surface area contributed by atoms with E-state index in [1.807, 2.05) is 6.07 Å². The molecule has 0 bridgehead atoms. The molecule has 0 aliphatic carbocycles. The lowest BCUT2D eigenvalue weighted by atomic mass is 10.1. The van der Waals surface area contributed by atoms with Crippen molar-refractivity contribution in [2.45, 2.75) is 12.5 Å². The Morgan fingerprint density at radius 1 is 1.50 bits per heavy atom. The monoisotopic (exact) mass is 284 g/mol. The van der Waals surface area contributed by atoms with E-state index in [1.54, 1.807) is 24.3 Å². The third-order valence-corrected chi connectivity index (χ3v) is 1.77. The Morgan fingerprint density at radius 3 is 2.39 bits per heavy atom. The van der Waals surface area contributed by atoms with Crippen molar-refractivity contribution < 1.29 is 14.7 Å². The zero-order chi connectivity index (χ0) is 14.0. The van der Waals surface area contributed by atoms with Crippen LogP contribution in [0.5, 0.6) is 0 Å². The molecule has 0 amide bonds. The first-order chi connectivity index (χ1) is 8.47. The number of benzene rings is 1. The van der Waals surface area contributed by atoms with Crippen LogP contribution in [0.15, 0.2) is 35.3 Å². The van der Waals surface area contributed by atoms with E-state index in [0.29, 0.717) is 0 Å². The number of aliphatic carboxylic acids is 1. The van der Waals surface area contributed by atoms with Gasteiger partial charge in [0.05, 0.1) is 0 Å². The van der Waals surface area contributed by atoms with E-state index in [-0.39, 0.29) is 10.7 Å². The number of thiocarbonyl (C=S) groups is 1. The number of hydrogen-bond donors (Lipinski definition) is 3. The fourth-order valence-corrected chi connectivity index (χ4v) is 1.09. The summed E-state index contributed by atoms with van der Waals surface area (Å²) in [7, 11) is 0. The van der Waals surface area contributed by atoms with Crippen LogP contribution in [0, 0.1) is 0 Å². The molecular weight excluding hydrogens is 272 g/mol. The summed E-state index contributed by atoms with van der Waals surface area (Å²) in [4.78, 5) is 23.8. The number of carbonyl (C=O) groups is 1. The van der Waals surface area contributed by atoms with E-state index in [1.165, 1.54) is 6.08 Å². The number of hydrogen-bond acceptors (Lipinski definition) is 4. The van der Waals surface area contributed by atoms with Crippen LogP contribution in [0.2, 0.25) is 0 Å². The van der Waals surface area contributed by atoms with Crippen molar-refractivity contribution in [1.29, 1.82) is 0 Å². The number of carboxylic acid groups (broad SMARTS) is 1. The van der Waals surface area contributed by atoms with Gasteiger partial charge in [-0.2, -0.15) is 4.99 Å². The molecule has 0 aliphatic heterocycles. The van der Waals surface area contributed by atoms with Gasteiger partial charge in [0.2, 0.25) is 6.08 Å². The van der Waals surface area contributed by atoms with Crippen molar-refractivity contribution in [1.82, 2.24) is 0 Å². The van der Waals surface area contributed by atoms with Gasteiger partial charge >= 0.3 is 5.97 Å². The van der Waals surface area contributed by atoms with Crippen LogP contribution in [0.4, 0.5) is 0 Å². The molecule has 1 aromatic rings. The first-order valence-corrected chi connectivity index (χ1v) is 5.65. The number of nitrogens with zero attached hydrogens (tertiary/aromatic N) is 1. The number of thiol groups is 1. The highest BCUT2D eigenvalue weighted by Gasteiger charge is 2.16. The van der Waals surface area contributed by atoms with Gasteiger partial charge in [-0.1, -0.05) is 42.5 Å². The molecule has 0 spiro atoms. The molecule has 1 unspecified atom stereocenters. The third-order valence-electron chi connectivity index (χ3n) is 1.77. The molecule has 18 heavy (non-hydrogen) atoms. The summed E-state index contributed by atoms with van der Waals surface area (Å²) in [5.74, 6) is -1.11. The Hall–Kier alpha value is -1.69. The molecule has 3 N–H and O–H groups in total. The quantitative estimate of drug-likeness (QED) is 0.334. The normalized spacial score (nSPS) is 10.3. The maximum absolute atomic E-state index is 10.6. The summed E-state index contributed by atoms with van der Waals surface area (Å²) in [6, 6.07) is 7.99. The Bertz CT molecular complexity index is 439. The van der Waals surface area contributed by atoms with E-state index in [0.717, 1.165) is 5.56 Å². The van der Waals surface area contributed by atoms with Crippen molar-refractivity contribution >= 4 is 41.2 Å². The van der Waals surface area contributed by atoms with Gasteiger partial charge in [0.25, 0.3) is 0 Å². The lowest BCUT2D eigenvalue weighted by Gasteiger charge is -2.04. The van der Waals surface area contributed by atoms with Gasteiger partial charge in [0.1, 0.15) is 4.32 Å². The molecule has 0 radical (unpaired) electrons. The second-order valence-corrected chi connectivity index (χ2v) is 4.33. The molecule has 1 aromatic carbocycles. The zero-order valence-corrected chi connectivity index (χ0v) is 11.0. The lowest BCUT2D eigenvalue weighted by molar-refractivity contribution is -0.138. The topological polar surface area (TPSA) is 92.8 Å². The highest BCUT2D eigenvalue weighted by Crippen LogP contribution is 2.05. The first kappa shape index (κ1) is 16.3. The molecule has 1 rings (SSSR count). The lowest BCUT2D eigenvalue weighted by Crippen LogP contribution is -2.20. The van der Waals surface area contributed by atoms with Crippen LogP contribution in [0.25, 0.3) is 0 Å². The molecule has 0 saturated carbocycles. The van der Waals surface area contributed by atoms with Crippen LogP contribution >= 0.6 is 24.8 Å². The third kappa shape index (κ3) is 8.46. The summed E-state index contributed by atoms with van der Waals surface area (Å²) in [5, 5.41) is 8.69. The Labute approximate surface area is 115 Å². The molecule has 0 aromatic heterocycles. The van der Waals surface area contributed by atoms with Crippen LogP contribution < -0.4 is 5.73 Å². The molecule has 0 aliphatic rings. The number of aliphatic imine (C=N–C) groups is 1. The fourth-order valence-electron chi connectivity index (χ4n) is 1.09. The number of carboxylic acids is 1. The van der Waals surface area contributed by atoms with Crippen molar-refractivity contribution in [3.63, 3.8) is 0 Å². The molecule has 1 atom stereocenters. The maximum atomic E-state index is 10.6. The van der Waals surface area contributed by atoms with Crippen molar-refractivity contribution in [3.8, 4) is 0 Å². The highest BCUT2D eigenvalue weighted by atomic mass is 32.1. The SMILES string of the molecule is NC(=S)S.O=C=NC(Cc1ccccc1)C(=O)O. The molecule has 0 fully saturated rings. The van der Waals surface area contributed by atoms with Gasteiger partial charge in [-0.05, 0) is 5.56 Å². The summed E-state index contributed by atoms with van der Waals surface area (Å²) in [6.45, 7) is 0. The van der Waals surface area contributed by atoms with Crippen LogP contribution in [0.1, 0.15) is 5.56 Å². The summed E-state index contributed by atoms with van der Waals surface area (Å²) >= 11 is 7.65. The van der Waals surface area contributed by atoms with Crippen LogP contribution in [-0.2, 0) is 16.0 Å². The minimum absolute atomic E-state index is 0.194. The first-order valence-electron chi connectivity index (χ1n) is 4.79. The van der Waals surface area contributed by atoms with Gasteiger partial charge in [0, 0.05) is 6.42 Å². The number of rotatable bonds is 4. The Kier molecular flexibility index (Phi) is 8.47. The van der Waals surface area contributed by atoms with Crippen molar-refractivity contribution in [2.75, 3.05) is 0 Å². The van der Waals surface area contributed by atoms with Gasteiger partial charge in [-0.3, -0.25) is 0 Å². The molecule has 0 saturated heterocycles. The molecular formula is C11H12N2O3S2. The van der Waals surface area contributed by atoms with E-state index < -0.39 is 12.0 Å². The van der Waals surface area contributed by atoms with E-state index in [2.05, 4.69) is 29.8 Å². The second kappa shape index (κ2) is 9.35. The number of nitrogens with two attached hydrogens (primary N) is 1. The maximum Gasteiger partial charge on any atom is 0.329 e. The zero-order valence-electron chi connectivity index (χ0n) is 9.31. The average molecular weight is 284 g/mol. The summed E-state index contributed by atoms with van der Waals surface area (Å²) in [6.07, 6.45) is 1.48. The summed E-state index contributed by atoms with van der Waals surface area (Å²) < 4.78 is 0.194. The van der Waals surface area contributed by atoms with Crippen molar-refractivity contribution in [3.05, 3.63) is 35.9 Å². The van der Waals surface area contributed by atoms with Gasteiger partial charge < -0.3 is 10.8 Å².